The molecule has 0 fully saturated rings. The zero-order valence-electron chi connectivity index (χ0n) is 11.3. The van der Waals surface area contributed by atoms with Crippen molar-refractivity contribution in [3.63, 3.8) is 0 Å². The van der Waals surface area contributed by atoms with Crippen LogP contribution in [0.3, 0.4) is 0 Å². The topological polar surface area (TPSA) is 110 Å². The number of carbonyl (C=O) groups is 2. The minimum atomic E-state index is -4.75. The molecule has 1 aromatic carbocycles. The fraction of sp³-hybridized carbons (Fsp3) is 0.333. The van der Waals surface area contributed by atoms with Crippen LogP contribution in [0, 0.1) is 10.1 Å². The third kappa shape index (κ3) is 6.22. The Bertz CT molecular complexity index is 636. The van der Waals surface area contributed by atoms with Gasteiger partial charge in [0.2, 0.25) is 5.91 Å². The number of non-ortho nitro benzene ring substituents is 1. The van der Waals surface area contributed by atoms with Gasteiger partial charge in [0.1, 0.15) is 6.04 Å². The fourth-order valence-corrected chi connectivity index (χ4v) is 2.15. The predicted octanol–water partition coefficient (Wildman–Crippen LogP) is 2.42. The van der Waals surface area contributed by atoms with Crippen molar-refractivity contribution in [3.05, 3.63) is 38.3 Å². The van der Waals surface area contributed by atoms with Crippen LogP contribution in [0.25, 0.3) is 0 Å². The van der Waals surface area contributed by atoms with Crippen LogP contribution in [0.15, 0.2) is 22.7 Å². The van der Waals surface area contributed by atoms with Gasteiger partial charge in [0.05, 0.1) is 17.8 Å². The molecule has 1 atom stereocenters. The monoisotopic (exact) mass is 398 g/mol. The van der Waals surface area contributed by atoms with E-state index >= 15 is 0 Å². The highest BCUT2D eigenvalue weighted by molar-refractivity contribution is 9.10. The molecule has 0 aliphatic heterocycles. The Morgan fingerprint density at radius 2 is 2.00 bits per heavy atom. The van der Waals surface area contributed by atoms with Crippen molar-refractivity contribution in [2.75, 3.05) is 0 Å². The molecule has 0 aliphatic carbocycles. The maximum atomic E-state index is 12.2. The van der Waals surface area contributed by atoms with Gasteiger partial charge in [-0.15, -0.1) is 0 Å². The number of alkyl halides is 3. The molecule has 1 unspecified atom stereocenters. The lowest BCUT2D eigenvalue weighted by Crippen LogP contribution is -2.44. The molecule has 1 aromatic rings. The van der Waals surface area contributed by atoms with Crippen LogP contribution in [0.2, 0.25) is 0 Å². The number of nitro groups is 1. The predicted molar refractivity (Wildman–Crippen MR) is 74.7 cm³/mol. The Morgan fingerprint density at radius 3 is 2.43 bits per heavy atom. The Balaban J connectivity index is 2.79. The van der Waals surface area contributed by atoms with Crippen molar-refractivity contribution in [1.82, 2.24) is 5.32 Å². The third-order valence-corrected chi connectivity index (χ3v) is 3.41. The molecule has 2 N–H and O–H groups in total. The summed E-state index contributed by atoms with van der Waals surface area (Å²) in [5.74, 6) is -2.75. The summed E-state index contributed by atoms with van der Waals surface area (Å²) in [6.45, 7) is 0. The minimum Gasteiger partial charge on any atom is -0.480 e. The lowest BCUT2D eigenvalue weighted by molar-refractivity contribution is -0.384. The number of carbonyl (C=O) groups excluding carboxylic acids is 1. The standard InChI is InChI=1S/C12H10BrF3N2O5/c13-8-4-7(18(22)23)2-1-6(8)3-10(19)17-9(11(20)21)5-12(14,15)16/h1-2,4,9H,3,5H2,(H,17,19)(H,20,21). The molecule has 0 aliphatic rings. The van der Waals surface area contributed by atoms with Crippen LogP contribution in [-0.2, 0) is 16.0 Å². The number of carboxylic acid groups (broad SMARTS) is 1. The summed E-state index contributed by atoms with van der Waals surface area (Å²) in [6, 6.07) is 1.41. The Morgan fingerprint density at radius 1 is 1.39 bits per heavy atom. The quantitative estimate of drug-likeness (QED) is 0.564. The van der Waals surface area contributed by atoms with Gasteiger partial charge >= 0.3 is 12.1 Å². The smallest absolute Gasteiger partial charge is 0.391 e. The number of nitro benzene ring substituents is 1. The number of hydrogen-bond donors (Lipinski definition) is 2. The van der Waals surface area contributed by atoms with Gasteiger partial charge < -0.3 is 10.4 Å². The van der Waals surface area contributed by atoms with Gasteiger partial charge in [0.15, 0.2) is 0 Å². The molecule has 0 heterocycles. The lowest BCUT2D eigenvalue weighted by Gasteiger charge is -2.16. The largest absolute Gasteiger partial charge is 0.480 e. The van der Waals surface area contributed by atoms with Crippen LogP contribution in [0.5, 0.6) is 0 Å². The third-order valence-electron chi connectivity index (χ3n) is 2.67. The van der Waals surface area contributed by atoms with Gasteiger partial charge in [0, 0.05) is 16.6 Å². The zero-order chi connectivity index (χ0) is 17.8. The summed E-state index contributed by atoms with van der Waals surface area (Å²) in [5.41, 5.74) is 0.0331. The first-order chi connectivity index (χ1) is 10.5. The molecule has 23 heavy (non-hydrogen) atoms. The summed E-state index contributed by atoms with van der Waals surface area (Å²) in [5, 5.41) is 21.1. The average molecular weight is 399 g/mol. The first-order valence-electron chi connectivity index (χ1n) is 6.01. The van der Waals surface area contributed by atoms with E-state index in [2.05, 4.69) is 15.9 Å². The second-order valence-corrected chi connectivity index (χ2v) is 5.34. The van der Waals surface area contributed by atoms with E-state index in [1.165, 1.54) is 6.07 Å². The number of amides is 1. The number of nitrogens with zero attached hydrogens (tertiary/aromatic N) is 1. The Labute approximate surface area is 135 Å². The van der Waals surface area contributed by atoms with E-state index in [0.29, 0.717) is 0 Å². The molecule has 0 aromatic heterocycles. The van der Waals surface area contributed by atoms with E-state index in [4.69, 9.17) is 5.11 Å². The molecule has 0 saturated carbocycles. The molecule has 11 heteroatoms. The highest BCUT2D eigenvalue weighted by atomic mass is 79.9. The van der Waals surface area contributed by atoms with Crippen molar-refractivity contribution in [2.45, 2.75) is 25.1 Å². The zero-order valence-corrected chi connectivity index (χ0v) is 12.8. The number of aliphatic carboxylic acids is 1. The molecule has 0 spiro atoms. The Kier molecular flexibility index (Phi) is 6.07. The Hall–Kier alpha value is -2.17. The van der Waals surface area contributed by atoms with E-state index in [0.717, 1.165) is 12.1 Å². The first-order valence-corrected chi connectivity index (χ1v) is 6.80. The van der Waals surface area contributed by atoms with E-state index in [9.17, 15) is 32.9 Å². The van der Waals surface area contributed by atoms with Crippen molar-refractivity contribution >= 4 is 33.5 Å². The number of carboxylic acids is 1. The van der Waals surface area contributed by atoms with Crippen LogP contribution in [-0.4, -0.2) is 34.1 Å². The summed E-state index contributed by atoms with van der Waals surface area (Å²) in [7, 11) is 0. The lowest BCUT2D eigenvalue weighted by atomic mass is 10.1. The normalized spacial score (nSPS) is 12.5. The maximum Gasteiger partial charge on any atom is 0.391 e. The van der Waals surface area contributed by atoms with Crippen molar-refractivity contribution in [2.24, 2.45) is 0 Å². The molecule has 7 nitrogen and oxygen atoms in total. The van der Waals surface area contributed by atoms with Crippen LogP contribution < -0.4 is 5.32 Å². The molecule has 0 saturated heterocycles. The van der Waals surface area contributed by atoms with E-state index in [1.54, 1.807) is 5.32 Å². The second kappa shape index (κ2) is 7.40. The number of nitrogens with one attached hydrogen (secondary N) is 1. The minimum absolute atomic E-state index is 0.213. The number of hydrogen-bond acceptors (Lipinski definition) is 4. The van der Waals surface area contributed by atoms with Gasteiger partial charge in [-0.1, -0.05) is 22.0 Å². The van der Waals surface area contributed by atoms with Gasteiger partial charge in [-0.3, -0.25) is 14.9 Å². The van der Waals surface area contributed by atoms with Gasteiger partial charge in [0.25, 0.3) is 5.69 Å². The molecule has 126 valence electrons. The summed E-state index contributed by atoms with van der Waals surface area (Å²) < 4.78 is 36.9. The average Bonchev–Trinajstić information content (AvgIpc) is 2.38. The molecule has 1 amide bonds. The molecular formula is C12H10BrF3N2O5. The van der Waals surface area contributed by atoms with Crippen LogP contribution in [0.1, 0.15) is 12.0 Å². The summed E-state index contributed by atoms with van der Waals surface area (Å²) in [6.07, 6.45) is -6.88. The highest BCUT2D eigenvalue weighted by Crippen LogP contribution is 2.24. The van der Waals surface area contributed by atoms with Gasteiger partial charge in [-0.2, -0.15) is 13.2 Å². The van der Waals surface area contributed by atoms with Gasteiger partial charge in [-0.05, 0) is 5.56 Å². The van der Waals surface area contributed by atoms with E-state index in [-0.39, 0.29) is 15.7 Å². The summed E-state index contributed by atoms with van der Waals surface area (Å²) >= 11 is 3.01. The number of halogens is 4. The fourth-order valence-electron chi connectivity index (χ4n) is 1.64. The van der Waals surface area contributed by atoms with Crippen molar-refractivity contribution < 1.29 is 32.8 Å². The van der Waals surface area contributed by atoms with E-state index < -0.39 is 41.9 Å². The van der Waals surface area contributed by atoms with Crippen LogP contribution >= 0.6 is 15.9 Å². The first kappa shape index (κ1) is 18.9. The van der Waals surface area contributed by atoms with Crippen LogP contribution in [0.4, 0.5) is 18.9 Å². The van der Waals surface area contributed by atoms with Crippen molar-refractivity contribution in [1.29, 1.82) is 0 Å². The molecule has 0 bridgehead atoms. The van der Waals surface area contributed by atoms with Crippen molar-refractivity contribution in [3.8, 4) is 0 Å². The highest BCUT2D eigenvalue weighted by Gasteiger charge is 2.36. The molecule has 1 rings (SSSR count). The number of rotatable bonds is 6. The maximum absolute atomic E-state index is 12.2. The summed E-state index contributed by atoms with van der Waals surface area (Å²) in [4.78, 5) is 32.4. The SMILES string of the molecule is O=C(Cc1ccc([N+](=O)[O-])cc1Br)NC(CC(F)(F)F)C(=O)O. The second-order valence-electron chi connectivity index (χ2n) is 4.49. The van der Waals surface area contributed by atoms with E-state index in [1.807, 2.05) is 0 Å². The molecular weight excluding hydrogens is 389 g/mol. The number of benzene rings is 1. The molecule has 0 radical (unpaired) electrons. The van der Waals surface area contributed by atoms with Gasteiger partial charge in [-0.25, -0.2) is 4.79 Å².